The molecular formula is C14H18O. The van der Waals surface area contributed by atoms with Crippen LogP contribution in [0.2, 0.25) is 0 Å². The Morgan fingerprint density at radius 2 is 2.07 bits per heavy atom. The van der Waals surface area contributed by atoms with Gasteiger partial charge in [0, 0.05) is 12.3 Å². The number of hydrogen-bond donors (Lipinski definition) is 0. The van der Waals surface area contributed by atoms with Crippen LogP contribution in [0.1, 0.15) is 36.0 Å². The molecule has 80 valence electrons. The summed E-state index contributed by atoms with van der Waals surface area (Å²) in [5.41, 5.74) is 3.93. The van der Waals surface area contributed by atoms with Crippen molar-refractivity contribution >= 4 is 5.78 Å². The van der Waals surface area contributed by atoms with Crippen molar-refractivity contribution in [2.75, 3.05) is 0 Å². The molecule has 0 radical (unpaired) electrons. The number of Topliss-reactive ketones (excluding diaryl/α,β-unsaturated/α-hetero) is 1. The molecule has 0 bridgehead atoms. The van der Waals surface area contributed by atoms with Gasteiger partial charge in [0.05, 0.1) is 0 Å². The molecule has 1 fully saturated rings. The Hall–Kier alpha value is -1.11. The Morgan fingerprint density at radius 3 is 2.73 bits per heavy atom. The standard InChI is InChI=1S/C14H18O/c1-10-3-4-11(2)13(9-10)7-8-14(15)12-5-6-12/h3-4,9,12H,5-8H2,1-2H3. The largest absolute Gasteiger partial charge is 0.299 e. The molecule has 0 aliphatic heterocycles. The third-order valence-electron chi connectivity index (χ3n) is 3.18. The zero-order valence-corrected chi connectivity index (χ0v) is 9.55. The predicted molar refractivity (Wildman–Crippen MR) is 62.0 cm³/mol. The Bertz CT molecular complexity index is 375. The van der Waals surface area contributed by atoms with Crippen LogP contribution < -0.4 is 0 Å². The first kappa shape index (κ1) is 10.4. The summed E-state index contributed by atoms with van der Waals surface area (Å²) in [6.07, 6.45) is 3.91. The van der Waals surface area contributed by atoms with Crippen LogP contribution in [0.4, 0.5) is 0 Å². The van der Waals surface area contributed by atoms with Crippen molar-refractivity contribution in [3.63, 3.8) is 0 Å². The van der Waals surface area contributed by atoms with Gasteiger partial charge in [0.2, 0.25) is 0 Å². The molecule has 0 heterocycles. The maximum atomic E-state index is 11.6. The van der Waals surface area contributed by atoms with Gasteiger partial charge in [0.25, 0.3) is 0 Å². The summed E-state index contributed by atoms with van der Waals surface area (Å²) in [7, 11) is 0. The maximum absolute atomic E-state index is 11.6. The molecule has 0 spiro atoms. The van der Waals surface area contributed by atoms with E-state index in [1.165, 1.54) is 16.7 Å². The zero-order valence-electron chi connectivity index (χ0n) is 9.55. The summed E-state index contributed by atoms with van der Waals surface area (Å²) < 4.78 is 0. The van der Waals surface area contributed by atoms with Gasteiger partial charge in [-0.1, -0.05) is 23.8 Å². The maximum Gasteiger partial charge on any atom is 0.136 e. The van der Waals surface area contributed by atoms with Crippen LogP contribution in [0.15, 0.2) is 18.2 Å². The van der Waals surface area contributed by atoms with Gasteiger partial charge in [0.1, 0.15) is 5.78 Å². The smallest absolute Gasteiger partial charge is 0.136 e. The minimum absolute atomic E-state index is 0.412. The average Bonchev–Trinajstić information content (AvgIpc) is 3.02. The number of benzene rings is 1. The first-order chi connectivity index (χ1) is 7.16. The minimum Gasteiger partial charge on any atom is -0.299 e. The SMILES string of the molecule is Cc1ccc(C)c(CCC(=O)C2CC2)c1. The van der Waals surface area contributed by atoms with Crippen LogP contribution >= 0.6 is 0 Å². The van der Waals surface area contributed by atoms with Crippen LogP contribution in [0.3, 0.4) is 0 Å². The van der Waals surface area contributed by atoms with Gasteiger partial charge in [-0.3, -0.25) is 4.79 Å². The molecule has 0 atom stereocenters. The molecule has 1 nitrogen and oxygen atoms in total. The fraction of sp³-hybridized carbons (Fsp3) is 0.500. The predicted octanol–water partition coefficient (Wildman–Crippen LogP) is 3.22. The molecule has 1 saturated carbocycles. The molecule has 1 aromatic rings. The summed E-state index contributed by atoms with van der Waals surface area (Å²) in [5.74, 6) is 0.881. The average molecular weight is 202 g/mol. The topological polar surface area (TPSA) is 17.1 Å². The summed E-state index contributed by atoms with van der Waals surface area (Å²) in [6.45, 7) is 4.22. The quantitative estimate of drug-likeness (QED) is 0.732. The summed E-state index contributed by atoms with van der Waals surface area (Å²) in [6, 6.07) is 6.48. The summed E-state index contributed by atoms with van der Waals surface area (Å²) >= 11 is 0. The number of hydrogen-bond acceptors (Lipinski definition) is 1. The van der Waals surface area contributed by atoms with Crippen molar-refractivity contribution in [3.8, 4) is 0 Å². The van der Waals surface area contributed by atoms with Crippen molar-refractivity contribution in [1.29, 1.82) is 0 Å². The van der Waals surface area contributed by atoms with Gasteiger partial charge >= 0.3 is 0 Å². The highest BCUT2D eigenvalue weighted by Gasteiger charge is 2.28. The second kappa shape index (κ2) is 4.18. The van der Waals surface area contributed by atoms with E-state index in [0.717, 1.165) is 25.7 Å². The molecule has 0 aromatic heterocycles. The van der Waals surface area contributed by atoms with Crippen LogP contribution in [0.5, 0.6) is 0 Å². The molecule has 1 aliphatic carbocycles. The fourth-order valence-electron chi connectivity index (χ4n) is 1.94. The van der Waals surface area contributed by atoms with Crippen molar-refractivity contribution in [2.45, 2.75) is 39.5 Å². The molecule has 0 N–H and O–H groups in total. The molecule has 0 amide bonds. The normalized spacial score (nSPS) is 15.3. The number of ketones is 1. The third-order valence-corrected chi connectivity index (χ3v) is 3.18. The van der Waals surface area contributed by atoms with E-state index in [4.69, 9.17) is 0 Å². The molecule has 0 unspecified atom stereocenters. The second-order valence-electron chi connectivity index (χ2n) is 4.67. The van der Waals surface area contributed by atoms with Gasteiger partial charge < -0.3 is 0 Å². The molecule has 0 saturated heterocycles. The third kappa shape index (κ3) is 2.68. The van der Waals surface area contributed by atoms with E-state index in [2.05, 4.69) is 32.0 Å². The van der Waals surface area contributed by atoms with Crippen LogP contribution in [-0.2, 0) is 11.2 Å². The fourth-order valence-corrected chi connectivity index (χ4v) is 1.94. The van der Waals surface area contributed by atoms with E-state index < -0.39 is 0 Å². The lowest BCUT2D eigenvalue weighted by Gasteiger charge is -2.06. The summed E-state index contributed by atoms with van der Waals surface area (Å²) in [5, 5.41) is 0. The Kier molecular flexibility index (Phi) is 2.90. The van der Waals surface area contributed by atoms with Gasteiger partial charge in [-0.2, -0.15) is 0 Å². The van der Waals surface area contributed by atoms with E-state index in [1.54, 1.807) is 0 Å². The Balaban J connectivity index is 1.97. The van der Waals surface area contributed by atoms with Gasteiger partial charge in [-0.25, -0.2) is 0 Å². The second-order valence-corrected chi connectivity index (χ2v) is 4.67. The first-order valence-corrected chi connectivity index (χ1v) is 5.75. The number of aryl methyl sites for hydroxylation is 3. The lowest BCUT2D eigenvalue weighted by Crippen LogP contribution is -2.03. The van der Waals surface area contributed by atoms with Gasteiger partial charge in [-0.05, 0) is 44.2 Å². The highest BCUT2D eigenvalue weighted by Crippen LogP contribution is 2.31. The molecule has 2 rings (SSSR count). The van der Waals surface area contributed by atoms with E-state index in [-0.39, 0.29) is 0 Å². The lowest BCUT2D eigenvalue weighted by atomic mass is 9.99. The molecule has 15 heavy (non-hydrogen) atoms. The van der Waals surface area contributed by atoms with Gasteiger partial charge in [0.15, 0.2) is 0 Å². The highest BCUT2D eigenvalue weighted by molar-refractivity contribution is 5.83. The monoisotopic (exact) mass is 202 g/mol. The van der Waals surface area contributed by atoms with Crippen molar-refractivity contribution in [2.24, 2.45) is 5.92 Å². The molecular weight excluding hydrogens is 184 g/mol. The highest BCUT2D eigenvalue weighted by atomic mass is 16.1. The van der Waals surface area contributed by atoms with Crippen LogP contribution in [-0.4, -0.2) is 5.78 Å². The molecule has 1 aromatic carbocycles. The Labute approximate surface area is 91.5 Å². The number of rotatable bonds is 4. The van der Waals surface area contributed by atoms with Crippen LogP contribution in [0, 0.1) is 19.8 Å². The molecule has 1 aliphatic rings. The van der Waals surface area contributed by atoms with E-state index in [0.29, 0.717) is 11.7 Å². The van der Waals surface area contributed by atoms with Crippen molar-refractivity contribution < 1.29 is 4.79 Å². The van der Waals surface area contributed by atoms with Gasteiger partial charge in [-0.15, -0.1) is 0 Å². The zero-order chi connectivity index (χ0) is 10.8. The van der Waals surface area contributed by atoms with E-state index in [1.807, 2.05) is 0 Å². The number of carbonyl (C=O) groups excluding carboxylic acids is 1. The van der Waals surface area contributed by atoms with E-state index in [9.17, 15) is 4.79 Å². The lowest BCUT2D eigenvalue weighted by molar-refractivity contribution is -0.120. The van der Waals surface area contributed by atoms with Crippen molar-refractivity contribution in [3.05, 3.63) is 34.9 Å². The first-order valence-electron chi connectivity index (χ1n) is 5.75. The molecule has 1 heteroatoms. The Morgan fingerprint density at radius 1 is 1.33 bits per heavy atom. The minimum atomic E-state index is 0.412. The van der Waals surface area contributed by atoms with Crippen LogP contribution in [0.25, 0.3) is 0 Å². The van der Waals surface area contributed by atoms with E-state index >= 15 is 0 Å². The number of carbonyl (C=O) groups is 1. The summed E-state index contributed by atoms with van der Waals surface area (Å²) in [4.78, 5) is 11.6. The van der Waals surface area contributed by atoms with Crippen molar-refractivity contribution in [1.82, 2.24) is 0 Å².